The molecule has 1 amide bonds. The third-order valence-corrected chi connectivity index (χ3v) is 3.29. The Labute approximate surface area is 112 Å². The van der Waals surface area contributed by atoms with Gasteiger partial charge < -0.3 is 5.32 Å². The summed E-state index contributed by atoms with van der Waals surface area (Å²) in [5.41, 5.74) is 3.70. The van der Waals surface area contributed by atoms with Gasteiger partial charge in [0.15, 0.2) is 0 Å². The van der Waals surface area contributed by atoms with Crippen LogP contribution in [-0.4, -0.2) is 10.9 Å². The van der Waals surface area contributed by atoms with E-state index in [9.17, 15) is 4.79 Å². The lowest BCUT2D eigenvalue weighted by Gasteiger charge is -2.13. The predicted octanol–water partition coefficient (Wildman–Crippen LogP) is 2.62. The summed E-state index contributed by atoms with van der Waals surface area (Å²) in [7, 11) is 0. The zero-order valence-electron chi connectivity index (χ0n) is 10.6. The van der Waals surface area contributed by atoms with Crippen molar-refractivity contribution in [2.45, 2.75) is 13.0 Å². The minimum Gasteiger partial charge on any atom is -0.344 e. The van der Waals surface area contributed by atoms with Gasteiger partial charge in [0, 0.05) is 11.8 Å². The highest BCUT2D eigenvalue weighted by Gasteiger charge is 2.21. The van der Waals surface area contributed by atoms with E-state index >= 15 is 0 Å². The molecule has 3 rings (SSSR count). The van der Waals surface area contributed by atoms with Crippen LogP contribution >= 0.6 is 0 Å². The second kappa shape index (κ2) is 4.69. The molecule has 1 N–H and O–H groups in total. The number of pyridine rings is 1. The first-order chi connectivity index (χ1) is 9.25. The zero-order chi connectivity index (χ0) is 13.2. The first-order valence-electron chi connectivity index (χ1n) is 6.28. The number of carbonyl (C=O) groups is 1. The highest BCUT2D eigenvalue weighted by Crippen LogP contribution is 2.30. The third-order valence-electron chi connectivity index (χ3n) is 3.29. The maximum atomic E-state index is 12.3. The molecule has 0 fully saturated rings. The molecule has 0 aliphatic heterocycles. The van der Waals surface area contributed by atoms with Gasteiger partial charge in [0.1, 0.15) is 0 Å². The molecule has 1 atom stereocenters. The van der Waals surface area contributed by atoms with Gasteiger partial charge in [-0.15, -0.1) is 0 Å². The topological polar surface area (TPSA) is 42.0 Å². The van der Waals surface area contributed by atoms with Gasteiger partial charge in [0.05, 0.1) is 11.7 Å². The Kier molecular flexibility index (Phi) is 2.88. The minimum absolute atomic E-state index is 0.0562. The van der Waals surface area contributed by atoms with Crippen LogP contribution < -0.4 is 5.32 Å². The monoisotopic (exact) mass is 250 g/mol. The Morgan fingerprint density at radius 3 is 2.95 bits per heavy atom. The number of carbonyl (C=O) groups excluding carboxylic acids is 1. The lowest BCUT2D eigenvalue weighted by Crippen LogP contribution is -2.28. The molecule has 19 heavy (non-hydrogen) atoms. The molecule has 0 unspecified atom stereocenters. The average molecular weight is 250 g/mol. The second-order valence-corrected chi connectivity index (χ2v) is 4.59. The highest BCUT2D eigenvalue weighted by molar-refractivity contribution is 6.00. The van der Waals surface area contributed by atoms with Crippen molar-refractivity contribution < 1.29 is 4.79 Å². The Balaban J connectivity index is 1.77. The number of aromatic nitrogens is 1. The minimum atomic E-state index is -0.103. The number of nitrogens with one attached hydrogen (secondary N) is 1. The molecule has 0 bridgehead atoms. The summed E-state index contributed by atoms with van der Waals surface area (Å²) in [5, 5.41) is 2.98. The van der Waals surface area contributed by atoms with E-state index in [1.54, 1.807) is 6.20 Å². The Bertz CT molecular complexity index is 636. The Hall–Kier alpha value is -2.42. The lowest BCUT2D eigenvalue weighted by molar-refractivity contribution is -0.117. The molecule has 0 saturated carbocycles. The van der Waals surface area contributed by atoms with Crippen LogP contribution in [0.3, 0.4) is 0 Å². The fourth-order valence-electron chi connectivity index (χ4n) is 2.27. The first kappa shape index (κ1) is 11.7. The van der Waals surface area contributed by atoms with E-state index in [2.05, 4.69) is 10.3 Å². The van der Waals surface area contributed by atoms with E-state index in [0.717, 1.165) is 22.4 Å². The van der Waals surface area contributed by atoms with E-state index in [4.69, 9.17) is 0 Å². The summed E-state index contributed by atoms with van der Waals surface area (Å²) in [4.78, 5) is 16.5. The fraction of sp³-hybridized carbons (Fsp3) is 0.125. The second-order valence-electron chi connectivity index (χ2n) is 4.59. The van der Waals surface area contributed by atoms with Gasteiger partial charge in [-0.2, -0.15) is 0 Å². The fourth-order valence-corrected chi connectivity index (χ4v) is 2.27. The Morgan fingerprint density at radius 1 is 1.26 bits per heavy atom. The number of fused-ring (bicyclic) bond motifs is 1. The van der Waals surface area contributed by atoms with E-state index < -0.39 is 0 Å². The molecular formula is C16H14N2O. The molecule has 1 heterocycles. The highest BCUT2D eigenvalue weighted by atomic mass is 16.1. The van der Waals surface area contributed by atoms with E-state index in [0.29, 0.717) is 0 Å². The SMILES string of the molecule is C[C@H](NC(=O)C1=C2C=CC=C2C=C1)c1ccccn1. The van der Waals surface area contributed by atoms with Gasteiger partial charge in [0.2, 0.25) is 0 Å². The molecule has 1 aromatic rings. The van der Waals surface area contributed by atoms with Gasteiger partial charge in [-0.1, -0.05) is 30.4 Å². The number of hydrogen-bond acceptors (Lipinski definition) is 2. The van der Waals surface area contributed by atoms with Crippen molar-refractivity contribution in [3.8, 4) is 0 Å². The molecule has 2 aliphatic carbocycles. The summed E-state index contributed by atoms with van der Waals surface area (Å²) in [6.45, 7) is 1.94. The van der Waals surface area contributed by atoms with Gasteiger partial charge in [0.25, 0.3) is 5.91 Å². The summed E-state index contributed by atoms with van der Waals surface area (Å²) in [5.74, 6) is -0.0562. The van der Waals surface area contributed by atoms with Crippen molar-refractivity contribution in [2.75, 3.05) is 0 Å². The maximum Gasteiger partial charge on any atom is 0.252 e. The van der Waals surface area contributed by atoms with E-state index in [-0.39, 0.29) is 11.9 Å². The van der Waals surface area contributed by atoms with Crippen LogP contribution in [0.15, 0.2) is 71.5 Å². The number of nitrogens with zero attached hydrogens (tertiary/aromatic N) is 1. The largest absolute Gasteiger partial charge is 0.344 e. The smallest absolute Gasteiger partial charge is 0.252 e. The normalized spacial score (nSPS) is 17.4. The number of amides is 1. The van der Waals surface area contributed by atoms with Crippen LogP contribution in [0.25, 0.3) is 0 Å². The number of hydrogen-bond donors (Lipinski definition) is 1. The van der Waals surface area contributed by atoms with E-state index in [1.807, 2.05) is 55.5 Å². The predicted molar refractivity (Wildman–Crippen MR) is 74.2 cm³/mol. The van der Waals surface area contributed by atoms with E-state index in [1.165, 1.54) is 0 Å². The van der Waals surface area contributed by atoms with Crippen LogP contribution in [0, 0.1) is 0 Å². The average Bonchev–Trinajstić information content (AvgIpc) is 3.01. The molecule has 94 valence electrons. The molecule has 3 nitrogen and oxygen atoms in total. The summed E-state index contributed by atoms with van der Waals surface area (Å²) in [6, 6.07) is 5.59. The van der Waals surface area contributed by atoms with Crippen molar-refractivity contribution in [2.24, 2.45) is 0 Å². The van der Waals surface area contributed by atoms with Crippen LogP contribution in [0.2, 0.25) is 0 Å². The molecule has 0 aromatic carbocycles. The van der Waals surface area contributed by atoms with Crippen LogP contribution in [0.1, 0.15) is 18.7 Å². The molecule has 0 radical (unpaired) electrons. The first-order valence-corrected chi connectivity index (χ1v) is 6.28. The third kappa shape index (κ3) is 2.15. The molecule has 1 aromatic heterocycles. The van der Waals surface area contributed by atoms with Gasteiger partial charge in [-0.25, -0.2) is 0 Å². The van der Waals surface area contributed by atoms with Crippen molar-refractivity contribution in [1.82, 2.24) is 10.3 Å². The summed E-state index contributed by atoms with van der Waals surface area (Å²) < 4.78 is 0. The Morgan fingerprint density at radius 2 is 2.16 bits per heavy atom. The lowest BCUT2D eigenvalue weighted by atomic mass is 10.1. The van der Waals surface area contributed by atoms with Crippen molar-refractivity contribution in [3.63, 3.8) is 0 Å². The quantitative estimate of drug-likeness (QED) is 0.896. The van der Waals surface area contributed by atoms with Gasteiger partial charge in [-0.3, -0.25) is 9.78 Å². The van der Waals surface area contributed by atoms with Crippen molar-refractivity contribution >= 4 is 5.91 Å². The standard InChI is InChI=1S/C16H14N2O/c1-11(15-7-2-3-10-17-15)18-16(19)14-9-8-12-5-4-6-13(12)14/h2-11H,1H3,(H,18,19)/t11-/m0/s1. The molecule has 0 spiro atoms. The van der Waals surface area contributed by atoms with Crippen molar-refractivity contribution in [1.29, 1.82) is 0 Å². The zero-order valence-corrected chi connectivity index (χ0v) is 10.6. The molecule has 2 aliphatic rings. The maximum absolute atomic E-state index is 12.3. The van der Waals surface area contributed by atoms with Gasteiger partial charge >= 0.3 is 0 Å². The molecular weight excluding hydrogens is 236 g/mol. The summed E-state index contributed by atoms with van der Waals surface area (Å²) >= 11 is 0. The number of rotatable bonds is 3. The van der Waals surface area contributed by atoms with Crippen molar-refractivity contribution in [3.05, 3.63) is 77.2 Å². The van der Waals surface area contributed by atoms with Gasteiger partial charge in [-0.05, 0) is 36.3 Å². The molecule has 3 heteroatoms. The van der Waals surface area contributed by atoms with Crippen LogP contribution in [-0.2, 0) is 4.79 Å². The number of allylic oxidation sites excluding steroid dienone is 6. The summed E-state index contributed by atoms with van der Waals surface area (Å²) in [6.07, 6.45) is 11.5. The van der Waals surface area contributed by atoms with Crippen LogP contribution in [0.5, 0.6) is 0 Å². The molecule has 0 saturated heterocycles. The van der Waals surface area contributed by atoms with Crippen LogP contribution in [0.4, 0.5) is 0 Å².